The van der Waals surface area contributed by atoms with Crippen LogP contribution in [0.15, 0.2) is 24.3 Å². The van der Waals surface area contributed by atoms with E-state index < -0.39 is 6.23 Å². The average Bonchev–Trinajstić information content (AvgIpc) is 2.43. The molecule has 3 nitrogen and oxygen atoms in total. The molecule has 0 amide bonds. The lowest BCUT2D eigenvalue weighted by Crippen LogP contribution is -2.30. The number of unbranched alkanes of at least 4 members (excludes halogenated alkanes) is 5. The zero-order chi connectivity index (χ0) is 14.8. The van der Waals surface area contributed by atoms with Crippen molar-refractivity contribution in [1.29, 1.82) is 0 Å². The van der Waals surface area contributed by atoms with Gasteiger partial charge in [-0.25, -0.2) is 0 Å². The lowest BCUT2D eigenvalue weighted by atomic mass is 9.95. The van der Waals surface area contributed by atoms with Crippen molar-refractivity contribution >= 4 is 0 Å². The van der Waals surface area contributed by atoms with E-state index in [4.69, 9.17) is 5.73 Å². The molecule has 4 N–H and O–H groups in total. The third-order valence-electron chi connectivity index (χ3n) is 3.81. The molecule has 1 rings (SSSR count). The van der Waals surface area contributed by atoms with Gasteiger partial charge in [0.1, 0.15) is 6.23 Å². The maximum Gasteiger partial charge on any atom is 0.111 e. The van der Waals surface area contributed by atoms with Crippen LogP contribution in [-0.4, -0.2) is 23.0 Å². The normalized spacial score (nSPS) is 14.2. The number of nitrogens with two attached hydrogens (primary N) is 1. The van der Waals surface area contributed by atoms with Crippen LogP contribution in [-0.2, 0) is 6.42 Å². The third-order valence-corrected chi connectivity index (χ3v) is 3.81. The standard InChI is InChI=1S/C17H29NO2/c1-2-3-4-5-6-7-9-14-10-8-11-15(12-14)16(13-19)17(18)20/h8,10-12,16-17,19-20H,2-7,9,13,18H2,1H3. The van der Waals surface area contributed by atoms with Crippen LogP contribution in [0.4, 0.5) is 0 Å². The summed E-state index contributed by atoms with van der Waals surface area (Å²) in [7, 11) is 0. The number of aryl methyl sites for hydroxylation is 1. The van der Waals surface area contributed by atoms with E-state index >= 15 is 0 Å². The molecule has 1 aromatic rings. The van der Waals surface area contributed by atoms with Gasteiger partial charge in [-0.05, 0) is 24.0 Å². The highest BCUT2D eigenvalue weighted by Crippen LogP contribution is 2.19. The monoisotopic (exact) mass is 279 g/mol. The van der Waals surface area contributed by atoms with E-state index in [0.29, 0.717) is 0 Å². The van der Waals surface area contributed by atoms with Crippen molar-refractivity contribution in [1.82, 2.24) is 0 Å². The van der Waals surface area contributed by atoms with E-state index in [9.17, 15) is 10.2 Å². The Kier molecular flexibility index (Phi) is 8.51. The minimum Gasteiger partial charge on any atom is -0.396 e. The molecule has 114 valence electrons. The highest BCUT2D eigenvalue weighted by atomic mass is 16.3. The highest BCUT2D eigenvalue weighted by Gasteiger charge is 2.16. The summed E-state index contributed by atoms with van der Waals surface area (Å²) >= 11 is 0. The zero-order valence-electron chi connectivity index (χ0n) is 12.6. The van der Waals surface area contributed by atoms with Gasteiger partial charge < -0.3 is 15.9 Å². The van der Waals surface area contributed by atoms with Gasteiger partial charge in [-0.3, -0.25) is 0 Å². The number of hydrogen-bond acceptors (Lipinski definition) is 3. The molecule has 0 aliphatic heterocycles. The molecule has 0 aliphatic rings. The molecule has 0 spiro atoms. The van der Waals surface area contributed by atoms with Crippen LogP contribution >= 0.6 is 0 Å². The molecule has 0 bridgehead atoms. The first kappa shape index (κ1) is 17.2. The Labute approximate surface area is 122 Å². The fraction of sp³-hybridized carbons (Fsp3) is 0.647. The predicted molar refractivity (Wildman–Crippen MR) is 83.5 cm³/mol. The summed E-state index contributed by atoms with van der Waals surface area (Å²) in [5.41, 5.74) is 7.68. The Balaban J connectivity index is 2.43. The first-order chi connectivity index (χ1) is 9.69. The fourth-order valence-corrected chi connectivity index (χ4v) is 2.50. The summed E-state index contributed by atoms with van der Waals surface area (Å²) in [5, 5.41) is 18.8. The minimum absolute atomic E-state index is 0.127. The highest BCUT2D eigenvalue weighted by molar-refractivity contribution is 5.27. The first-order valence-corrected chi connectivity index (χ1v) is 7.82. The number of benzene rings is 1. The summed E-state index contributed by atoms with van der Waals surface area (Å²) in [6, 6.07) is 8.06. The molecule has 0 aliphatic carbocycles. The summed E-state index contributed by atoms with van der Waals surface area (Å²) in [4.78, 5) is 0. The molecule has 0 aromatic heterocycles. The molecule has 2 atom stereocenters. The predicted octanol–water partition coefficient (Wildman–Crippen LogP) is 2.94. The zero-order valence-corrected chi connectivity index (χ0v) is 12.6. The van der Waals surface area contributed by atoms with Crippen LogP contribution < -0.4 is 5.73 Å². The van der Waals surface area contributed by atoms with Gasteiger partial charge in [0.05, 0.1) is 6.61 Å². The Morgan fingerprint density at radius 2 is 1.80 bits per heavy atom. The van der Waals surface area contributed by atoms with Crippen LogP contribution in [0.1, 0.15) is 62.5 Å². The Morgan fingerprint density at radius 3 is 2.45 bits per heavy atom. The quantitative estimate of drug-likeness (QED) is 0.456. The van der Waals surface area contributed by atoms with Gasteiger partial charge in [-0.1, -0.05) is 63.3 Å². The lowest BCUT2D eigenvalue weighted by molar-refractivity contribution is 0.112. The van der Waals surface area contributed by atoms with Crippen molar-refractivity contribution in [3.63, 3.8) is 0 Å². The van der Waals surface area contributed by atoms with Crippen molar-refractivity contribution in [2.45, 2.75) is 64.0 Å². The molecule has 0 heterocycles. The van der Waals surface area contributed by atoms with E-state index in [2.05, 4.69) is 19.1 Å². The Hall–Kier alpha value is -0.900. The molecule has 0 fully saturated rings. The van der Waals surface area contributed by atoms with Gasteiger partial charge in [-0.15, -0.1) is 0 Å². The summed E-state index contributed by atoms with van der Waals surface area (Å²) in [5.74, 6) is -0.389. The van der Waals surface area contributed by atoms with Gasteiger partial charge in [0.2, 0.25) is 0 Å². The van der Waals surface area contributed by atoms with E-state index in [1.165, 1.54) is 44.1 Å². The van der Waals surface area contributed by atoms with Crippen LogP contribution in [0.2, 0.25) is 0 Å². The second-order valence-corrected chi connectivity index (χ2v) is 5.54. The van der Waals surface area contributed by atoms with Crippen molar-refractivity contribution in [3.05, 3.63) is 35.4 Å². The summed E-state index contributed by atoms with van der Waals surface area (Å²) in [6.45, 7) is 2.10. The van der Waals surface area contributed by atoms with Gasteiger partial charge in [0.15, 0.2) is 0 Å². The molecule has 0 radical (unpaired) electrons. The van der Waals surface area contributed by atoms with Crippen molar-refractivity contribution in [3.8, 4) is 0 Å². The van der Waals surface area contributed by atoms with Crippen LogP contribution in [0.25, 0.3) is 0 Å². The van der Waals surface area contributed by atoms with Gasteiger partial charge in [0.25, 0.3) is 0 Å². The second kappa shape index (κ2) is 9.92. The van der Waals surface area contributed by atoms with Gasteiger partial charge in [0, 0.05) is 5.92 Å². The molecule has 20 heavy (non-hydrogen) atoms. The number of hydrogen-bond donors (Lipinski definition) is 3. The Morgan fingerprint density at radius 1 is 1.10 bits per heavy atom. The third kappa shape index (κ3) is 6.04. The van der Waals surface area contributed by atoms with Crippen molar-refractivity contribution in [2.24, 2.45) is 5.73 Å². The SMILES string of the molecule is CCCCCCCCc1cccc(C(CO)C(N)O)c1. The molecule has 3 heteroatoms. The molecule has 1 aromatic carbocycles. The first-order valence-electron chi connectivity index (χ1n) is 7.82. The van der Waals surface area contributed by atoms with Gasteiger partial charge >= 0.3 is 0 Å². The molecular formula is C17H29NO2. The van der Waals surface area contributed by atoms with Gasteiger partial charge in [-0.2, -0.15) is 0 Å². The maximum absolute atomic E-state index is 9.47. The average molecular weight is 279 g/mol. The maximum atomic E-state index is 9.47. The van der Waals surface area contributed by atoms with Crippen LogP contribution in [0.3, 0.4) is 0 Å². The lowest BCUT2D eigenvalue weighted by Gasteiger charge is -2.18. The number of aliphatic hydroxyl groups excluding tert-OH is 2. The van der Waals surface area contributed by atoms with Crippen LogP contribution in [0.5, 0.6) is 0 Å². The number of aliphatic hydroxyl groups is 2. The molecule has 0 saturated heterocycles. The van der Waals surface area contributed by atoms with Crippen molar-refractivity contribution in [2.75, 3.05) is 6.61 Å². The molecule has 0 saturated carbocycles. The van der Waals surface area contributed by atoms with Crippen molar-refractivity contribution < 1.29 is 10.2 Å². The minimum atomic E-state index is -1.01. The topological polar surface area (TPSA) is 66.5 Å². The molecular weight excluding hydrogens is 250 g/mol. The van der Waals surface area contributed by atoms with E-state index in [-0.39, 0.29) is 12.5 Å². The Bertz CT molecular complexity index is 366. The largest absolute Gasteiger partial charge is 0.396 e. The summed E-state index contributed by atoms with van der Waals surface area (Å²) < 4.78 is 0. The summed E-state index contributed by atoms with van der Waals surface area (Å²) in [6.07, 6.45) is 7.78. The smallest absolute Gasteiger partial charge is 0.111 e. The number of rotatable bonds is 10. The second-order valence-electron chi connectivity index (χ2n) is 5.54. The molecule has 2 unspecified atom stereocenters. The fourth-order valence-electron chi connectivity index (χ4n) is 2.50. The van der Waals surface area contributed by atoms with Crippen LogP contribution in [0, 0.1) is 0 Å². The van der Waals surface area contributed by atoms with E-state index in [1.807, 2.05) is 12.1 Å². The van der Waals surface area contributed by atoms with E-state index in [0.717, 1.165) is 12.0 Å². The van der Waals surface area contributed by atoms with E-state index in [1.54, 1.807) is 0 Å².